The third kappa shape index (κ3) is 4.93. The fourth-order valence-electron chi connectivity index (χ4n) is 2.75. The highest BCUT2D eigenvalue weighted by atomic mass is 32.2. The predicted molar refractivity (Wildman–Crippen MR) is 83.5 cm³/mol. The van der Waals surface area contributed by atoms with Crippen molar-refractivity contribution in [3.8, 4) is 0 Å². The molecular weight excluding hydrogens is 361 g/mol. The van der Waals surface area contributed by atoms with Crippen LogP contribution >= 0.6 is 0 Å². The van der Waals surface area contributed by atoms with Gasteiger partial charge in [0.15, 0.2) is 0 Å². The topological polar surface area (TPSA) is 89.7 Å². The third-order valence-electron chi connectivity index (χ3n) is 4.15. The van der Waals surface area contributed by atoms with Gasteiger partial charge in [0, 0.05) is 18.7 Å². The van der Waals surface area contributed by atoms with E-state index < -0.39 is 34.4 Å². The number of halogens is 3. The molecule has 0 saturated carbocycles. The van der Waals surface area contributed by atoms with Gasteiger partial charge in [0.2, 0.25) is 6.10 Å². The van der Waals surface area contributed by atoms with E-state index in [4.69, 9.17) is 9.88 Å². The molecule has 0 amide bonds. The fraction of sp³-hybridized carbons (Fsp3) is 0.533. The average Bonchev–Trinajstić information content (AvgIpc) is 2.51. The average molecular weight is 380 g/mol. The van der Waals surface area contributed by atoms with E-state index in [0.717, 1.165) is 4.31 Å². The van der Waals surface area contributed by atoms with Crippen molar-refractivity contribution in [1.82, 2.24) is 4.31 Å². The summed E-state index contributed by atoms with van der Waals surface area (Å²) >= 11 is 0. The van der Waals surface area contributed by atoms with Gasteiger partial charge in [-0.2, -0.15) is 25.9 Å². The Morgan fingerprint density at radius 3 is 2.32 bits per heavy atom. The summed E-state index contributed by atoms with van der Waals surface area (Å²) in [5.74, 6) is -1.79. The number of carbonyl (C=O) groups is 1. The Bertz CT molecular complexity index is 729. The van der Waals surface area contributed by atoms with E-state index in [1.54, 1.807) is 6.07 Å². The molecule has 6 nitrogen and oxygen atoms in total. The minimum atomic E-state index is -4.75. The highest BCUT2D eigenvalue weighted by molar-refractivity contribution is 7.86. The van der Waals surface area contributed by atoms with Crippen LogP contribution in [-0.2, 0) is 19.7 Å². The number of piperidine rings is 1. The monoisotopic (exact) mass is 380 g/mol. The number of nitrogens with zero attached hydrogens (tertiary/aromatic N) is 1. The van der Waals surface area contributed by atoms with Gasteiger partial charge in [-0.1, -0.05) is 24.3 Å². The highest BCUT2D eigenvalue weighted by Crippen LogP contribution is 2.38. The normalized spacial score (nSPS) is 18.8. The lowest BCUT2D eigenvalue weighted by molar-refractivity contribution is -0.226. The second kappa shape index (κ2) is 7.30. The van der Waals surface area contributed by atoms with Crippen LogP contribution in [0.4, 0.5) is 13.2 Å². The molecule has 0 aliphatic carbocycles. The first-order valence-electron chi connectivity index (χ1n) is 7.60. The number of hydrogen-bond acceptors (Lipinski definition) is 4. The molecule has 140 valence electrons. The Morgan fingerprint density at radius 2 is 1.84 bits per heavy atom. The van der Waals surface area contributed by atoms with Crippen LogP contribution in [0.2, 0.25) is 0 Å². The molecule has 2 N–H and O–H groups in total. The minimum Gasteiger partial charge on any atom is -0.447 e. The van der Waals surface area contributed by atoms with Gasteiger partial charge in [0.05, 0.1) is 5.92 Å². The Labute approximate surface area is 143 Å². The number of ether oxygens (including phenoxy) is 1. The minimum absolute atomic E-state index is 0.0281. The first kappa shape index (κ1) is 19.7. The summed E-state index contributed by atoms with van der Waals surface area (Å²) in [6, 6.07) is 5.81. The zero-order chi connectivity index (χ0) is 18.8. The van der Waals surface area contributed by atoms with Crippen molar-refractivity contribution in [2.24, 2.45) is 11.1 Å². The molecule has 2 rings (SSSR count). The molecule has 1 aromatic carbocycles. The van der Waals surface area contributed by atoms with Gasteiger partial charge < -0.3 is 4.74 Å². The van der Waals surface area contributed by atoms with Crippen molar-refractivity contribution < 1.29 is 31.1 Å². The number of hydrogen-bond donors (Lipinski definition) is 1. The first-order chi connectivity index (χ1) is 11.5. The Morgan fingerprint density at radius 1 is 1.28 bits per heavy atom. The number of nitrogens with two attached hydrogens (primary N) is 1. The summed E-state index contributed by atoms with van der Waals surface area (Å²) in [6.45, 7) is 1.45. The summed E-state index contributed by atoms with van der Waals surface area (Å²) in [5.41, 5.74) is 0.243. The van der Waals surface area contributed by atoms with E-state index in [2.05, 4.69) is 0 Å². The summed E-state index contributed by atoms with van der Waals surface area (Å²) in [6.07, 6.45) is -6.97. The number of alkyl halides is 3. The van der Waals surface area contributed by atoms with E-state index in [1.807, 2.05) is 0 Å². The quantitative estimate of drug-likeness (QED) is 0.810. The summed E-state index contributed by atoms with van der Waals surface area (Å²) in [7, 11) is -3.87. The number of esters is 1. The van der Waals surface area contributed by atoms with Crippen LogP contribution < -0.4 is 5.14 Å². The number of benzene rings is 1. The molecule has 1 heterocycles. The Kier molecular flexibility index (Phi) is 5.75. The number of aryl methyl sites for hydroxylation is 1. The molecule has 1 aliphatic heterocycles. The van der Waals surface area contributed by atoms with Gasteiger partial charge in [0.1, 0.15) is 0 Å². The van der Waals surface area contributed by atoms with Crippen LogP contribution in [0.3, 0.4) is 0 Å². The van der Waals surface area contributed by atoms with Crippen molar-refractivity contribution in [2.75, 3.05) is 13.1 Å². The van der Waals surface area contributed by atoms with Crippen molar-refractivity contribution in [1.29, 1.82) is 0 Å². The van der Waals surface area contributed by atoms with E-state index >= 15 is 0 Å². The van der Waals surface area contributed by atoms with E-state index in [-0.39, 0.29) is 31.5 Å². The van der Waals surface area contributed by atoms with Crippen molar-refractivity contribution in [3.63, 3.8) is 0 Å². The van der Waals surface area contributed by atoms with Crippen LogP contribution in [0.15, 0.2) is 24.3 Å². The van der Waals surface area contributed by atoms with E-state index in [9.17, 15) is 26.4 Å². The molecule has 1 unspecified atom stereocenters. The van der Waals surface area contributed by atoms with E-state index in [1.165, 1.54) is 25.1 Å². The highest BCUT2D eigenvalue weighted by Gasteiger charge is 2.45. The maximum absolute atomic E-state index is 13.4. The van der Waals surface area contributed by atoms with E-state index in [0.29, 0.717) is 5.56 Å². The molecule has 0 bridgehead atoms. The standard InChI is InChI=1S/C15H19F3N2O4S/c1-10-4-2-3-5-12(10)13(15(16,17)18)24-14(21)11-6-8-20(9-7-11)25(19,22)23/h2-5,11,13H,6-9H2,1H3,(H2,19,22,23). The van der Waals surface area contributed by atoms with Crippen LogP contribution in [0.5, 0.6) is 0 Å². The molecule has 1 aromatic rings. The second-order valence-electron chi connectivity index (χ2n) is 5.93. The lowest BCUT2D eigenvalue weighted by atomic mass is 9.98. The van der Waals surface area contributed by atoms with Gasteiger partial charge >= 0.3 is 12.1 Å². The lowest BCUT2D eigenvalue weighted by Crippen LogP contribution is -2.44. The molecule has 0 radical (unpaired) electrons. The van der Waals surface area contributed by atoms with Crippen molar-refractivity contribution in [3.05, 3.63) is 35.4 Å². The molecule has 1 atom stereocenters. The molecular formula is C15H19F3N2O4S. The molecule has 0 spiro atoms. The number of rotatable bonds is 4. The zero-order valence-electron chi connectivity index (χ0n) is 13.5. The summed E-state index contributed by atoms with van der Waals surface area (Å²) in [5, 5.41) is 5.00. The van der Waals surface area contributed by atoms with Gasteiger partial charge in [0.25, 0.3) is 10.2 Å². The van der Waals surface area contributed by atoms with Gasteiger partial charge in [-0.15, -0.1) is 0 Å². The first-order valence-corrected chi connectivity index (χ1v) is 9.11. The fourth-order valence-corrected chi connectivity index (χ4v) is 3.47. The maximum atomic E-state index is 13.4. The van der Waals surface area contributed by atoms with Crippen LogP contribution in [0, 0.1) is 12.8 Å². The summed E-state index contributed by atoms with van der Waals surface area (Å²) in [4.78, 5) is 12.2. The van der Waals surface area contributed by atoms with Gasteiger partial charge in [-0.25, -0.2) is 5.14 Å². The van der Waals surface area contributed by atoms with Crippen molar-refractivity contribution >= 4 is 16.2 Å². The maximum Gasteiger partial charge on any atom is 0.429 e. The predicted octanol–water partition coefficient (Wildman–Crippen LogP) is 2.06. The number of carbonyl (C=O) groups excluding carboxylic acids is 1. The smallest absolute Gasteiger partial charge is 0.429 e. The largest absolute Gasteiger partial charge is 0.447 e. The van der Waals surface area contributed by atoms with Gasteiger partial charge in [-0.05, 0) is 25.3 Å². The van der Waals surface area contributed by atoms with Crippen LogP contribution in [-0.4, -0.2) is 38.0 Å². The Hall–Kier alpha value is -1.65. The zero-order valence-corrected chi connectivity index (χ0v) is 14.3. The Balaban J connectivity index is 2.10. The molecule has 1 aliphatic rings. The third-order valence-corrected chi connectivity index (χ3v) is 5.23. The SMILES string of the molecule is Cc1ccccc1C(OC(=O)C1CCN(S(N)(=O)=O)CC1)C(F)(F)F. The molecule has 1 fully saturated rings. The summed E-state index contributed by atoms with van der Waals surface area (Å²) < 4.78 is 68.3. The second-order valence-corrected chi connectivity index (χ2v) is 7.48. The van der Waals surface area contributed by atoms with Crippen LogP contribution in [0.1, 0.15) is 30.1 Å². The molecule has 0 aromatic heterocycles. The lowest BCUT2D eigenvalue weighted by Gasteiger charge is -2.30. The molecule has 10 heteroatoms. The molecule has 1 saturated heterocycles. The van der Waals surface area contributed by atoms with Crippen molar-refractivity contribution in [2.45, 2.75) is 32.0 Å². The molecule has 25 heavy (non-hydrogen) atoms. The van der Waals surface area contributed by atoms with Crippen LogP contribution in [0.25, 0.3) is 0 Å². The van der Waals surface area contributed by atoms with Gasteiger partial charge in [-0.3, -0.25) is 4.79 Å².